The van der Waals surface area contributed by atoms with Gasteiger partial charge in [-0.15, -0.1) is 0 Å². The van der Waals surface area contributed by atoms with Crippen molar-refractivity contribution in [3.05, 3.63) is 22.9 Å². The molecule has 1 amide bonds. The normalized spacial score (nSPS) is 26.5. The van der Waals surface area contributed by atoms with Gasteiger partial charge in [-0.05, 0) is 56.1 Å². The summed E-state index contributed by atoms with van der Waals surface area (Å²) < 4.78 is 11.9. The number of aromatic nitrogens is 1. The molecule has 1 aromatic heterocycles. The van der Waals surface area contributed by atoms with Crippen LogP contribution in [0.15, 0.2) is 6.07 Å². The van der Waals surface area contributed by atoms with E-state index in [4.69, 9.17) is 9.47 Å². The van der Waals surface area contributed by atoms with E-state index in [-0.39, 0.29) is 23.7 Å². The second-order valence-corrected chi connectivity index (χ2v) is 8.97. The topological polar surface area (TPSA) is 71.9 Å². The lowest BCUT2D eigenvalue weighted by molar-refractivity contribution is -0.190. The molecule has 0 bridgehead atoms. The molecule has 2 aliphatic heterocycles. The van der Waals surface area contributed by atoms with Gasteiger partial charge in [0.2, 0.25) is 5.88 Å². The summed E-state index contributed by atoms with van der Waals surface area (Å²) in [7, 11) is 1.58. The highest BCUT2D eigenvalue weighted by atomic mass is 16.5. The van der Waals surface area contributed by atoms with E-state index in [0.717, 1.165) is 37.8 Å². The van der Waals surface area contributed by atoms with Crippen molar-refractivity contribution < 1.29 is 19.4 Å². The van der Waals surface area contributed by atoms with Gasteiger partial charge in [-0.3, -0.25) is 4.79 Å². The Morgan fingerprint density at radius 3 is 2.79 bits per heavy atom. The molecule has 3 heterocycles. The molecule has 1 aliphatic carbocycles. The number of pyridine rings is 1. The number of ether oxygens (including phenoxy) is 2. The Hall–Kier alpha value is -1.66. The third kappa shape index (κ3) is 3.64. The summed E-state index contributed by atoms with van der Waals surface area (Å²) in [6, 6.07) is 1.98. The largest absolute Gasteiger partial charge is 0.480 e. The van der Waals surface area contributed by atoms with Gasteiger partial charge in [-0.1, -0.05) is 13.8 Å². The summed E-state index contributed by atoms with van der Waals surface area (Å²) in [4.78, 5) is 19.7. The van der Waals surface area contributed by atoms with Crippen LogP contribution < -0.4 is 4.74 Å². The number of hydrogen-bond acceptors (Lipinski definition) is 5. The van der Waals surface area contributed by atoms with Crippen molar-refractivity contribution >= 4 is 5.91 Å². The Kier molecular flexibility index (Phi) is 5.36. The van der Waals surface area contributed by atoms with E-state index in [1.165, 1.54) is 5.56 Å². The predicted molar refractivity (Wildman–Crippen MR) is 106 cm³/mol. The lowest BCUT2D eigenvalue weighted by Gasteiger charge is -2.48. The molecule has 2 fully saturated rings. The van der Waals surface area contributed by atoms with Crippen LogP contribution in [0, 0.1) is 5.92 Å². The number of fused-ring (bicyclic) bond motifs is 1. The van der Waals surface area contributed by atoms with Gasteiger partial charge in [-0.25, -0.2) is 4.98 Å². The molecule has 154 valence electrons. The maximum absolute atomic E-state index is 13.2. The minimum atomic E-state index is -0.315. The Labute approximate surface area is 167 Å². The number of amides is 1. The quantitative estimate of drug-likeness (QED) is 0.862. The van der Waals surface area contributed by atoms with Crippen LogP contribution in [-0.2, 0) is 17.6 Å². The van der Waals surface area contributed by atoms with Gasteiger partial charge in [0, 0.05) is 25.2 Å². The minimum Gasteiger partial charge on any atom is -0.480 e. The molecule has 3 aliphatic rings. The molecule has 0 radical (unpaired) electrons. The number of aryl methyl sites for hydroxylation is 2. The molecule has 1 spiro atoms. The van der Waals surface area contributed by atoms with Crippen LogP contribution >= 0.6 is 0 Å². The van der Waals surface area contributed by atoms with Gasteiger partial charge in [-0.2, -0.15) is 0 Å². The average Bonchev–Trinajstić information content (AvgIpc) is 3.13. The molecule has 0 unspecified atom stereocenters. The number of aliphatic hydroxyl groups excluding tert-OH is 1. The van der Waals surface area contributed by atoms with Gasteiger partial charge in [0.25, 0.3) is 5.91 Å². The van der Waals surface area contributed by atoms with Crippen molar-refractivity contribution in [3.63, 3.8) is 0 Å². The van der Waals surface area contributed by atoms with Crippen molar-refractivity contribution in [2.24, 2.45) is 5.92 Å². The maximum atomic E-state index is 13.2. The van der Waals surface area contributed by atoms with E-state index in [0.29, 0.717) is 43.3 Å². The number of carbonyl (C=O) groups is 1. The zero-order valence-electron chi connectivity index (χ0n) is 17.2. The van der Waals surface area contributed by atoms with Crippen molar-refractivity contribution in [2.75, 3.05) is 20.2 Å². The van der Waals surface area contributed by atoms with E-state index in [1.54, 1.807) is 7.11 Å². The lowest BCUT2D eigenvalue weighted by Crippen LogP contribution is -2.54. The number of piperidine rings is 1. The third-order valence-corrected chi connectivity index (χ3v) is 6.66. The first-order valence-corrected chi connectivity index (χ1v) is 10.6. The fourth-order valence-corrected chi connectivity index (χ4v) is 4.98. The molecule has 28 heavy (non-hydrogen) atoms. The number of nitrogens with zero attached hydrogens (tertiary/aromatic N) is 2. The zero-order valence-corrected chi connectivity index (χ0v) is 17.2. The van der Waals surface area contributed by atoms with Gasteiger partial charge in [0.1, 0.15) is 5.56 Å². The second kappa shape index (κ2) is 7.64. The molecule has 2 atom stereocenters. The smallest absolute Gasteiger partial charge is 0.259 e. The van der Waals surface area contributed by atoms with E-state index >= 15 is 0 Å². The SMILES string of the molecule is COc1nc2c(cc1C(=O)N1CCC3(CC1)C[C@H](O)C[C@H](C(C)C)O3)CCC2. The number of methoxy groups -OCH3 is 1. The number of aliphatic hydroxyl groups is 1. The highest BCUT2D eigenvalue weighted by molar-refractivity contribution is 5.96. The van der Waals surface area contributed by atoms with Gasteiger partial charge in [0.15, 0.2) is 0 Å². The van der Waals surface area contributed by atoms with Crippen LogP contribution in [0.25, 0.3) is 0 Å². The number of likely N-dealkylation sites (tertiary alicyclic amines) is 1. The molecule has 6 nitrogen and oxygen atoms in total. The molecule has 0 saturated carbocycles. The van der Waals surface area contributed by atoms with Crippen LogP contribution in [0.3, 0.4) is 0 Å². The predicted octanol–water partition coefficient (Wildman–Crippen LogP) is 2.75. The molecule has 1 N–H and O–H groups in total. The molecule has 4 rings (SSSR count). The molecular formula is C22H32N2O4. The minimum absolute atomic E-state index is 0.00864. The first kappa shape index (κ1) is 19.6. The Morgan fingerprint density at radius 2 is 2.11 bits per heavy atom. The van der Waals surface area contributed by atoms with Gasteiger partial charge >= 0.3 is 0 Å². The summed E-state index contributed by atoms with van der Waals surface area (Å²) >= 11 is 0. The summed E-state index contributed by atoms with van der Waals surface area (Å²) in [6.45, 7) is 5.55. The first-order chi connectivity index (χ1) is 13.4. The van der Waals surface area contributed by atoms with Crippen LogP contribution in [0.5, 0.6) is 5.88 Å². The Bertz CT molecular complexity index is 740. The van der Waals surface area contributed by atoms with E-state index in [9.17, 15) is 9.90 Å². The average molecular weight is 389 g/mol. The van der Waals surface area contributed by atoms with Crippen molar-refractivity contribution in [1.82, 2.24) is 9.88 Å². The monoisotopic (exact) mass is 388 g/mol. The lowest BCUT2D eigenvalue weighted by atomic mass is 9.80. The number of hydrogen-bond donors (Lipinski definition) is 1. The molecular weight excluding hydrogens is 356 g/mol. The Morgan fingerprint density at radius 1 is 1.36 bits per heavy atom. The molecule has 0 aromatic carbocycles. The van der Waals surface area contributed by atoms with Crippen molar-refractivity contribution in [1.29, 1.82) is 0 Å². The number of rotatable bonds is 3. The van der Waals surface area contributed by atoms with Crippen molar-refractivity contribution in [3.8, 4) is 5.88 Å². The Balaban J connectivity index is 1.47. The zero-order chi connectivity index (χ0) is 19.9. The summed E-state index contributed by atoms with van der Waals surface area (Å²) in [5.41, 5.74) is 2.51. The van der Waals surface area contributed by atoms with Crippen LogP contribution in [-0.4, -0.2) is 58.9 Å². The maximum Gasteiger partial charge on any atom is 0.259 e. The summed E-state index contributed by atoms with van der Waals surface area (Å²) in [6.07, 6.45) is 5.71. The number of carbonyl (C=O) groups excluding carboxylic acids is 1. The van der Waals surface area contributed by atoms with Crippen LogP contribution in [0.4, 0.5) is 0 Å². The highest BCUT2D eigenvalue weighted by Gasteiger charge is 2.44. The first-order valence-electron chi connectivity index (χ1n) is 10.6. The van der Waals surface area contributed by atoms with E-state index < -0.39 is 0 Å². The molecule has 1 aromatic rings. The van der Waals surface area contributed by atoms with Gasteiger partial charge < -0.3 is 19.5 Å². The van der Waals surface area contributed by atoms with Crippen LogP contribution in [0.2, 0.25) is 0 Å². The highest BCUT2D eigenvalue weighted by Crippen LogP contribution is 2.40. The summed E-state index contributed by atoms with van der Waals surface area (Å²) in [5.74, 6) is 0.814. The molecule has 2 saturated heterocycles. The second-order valence-electron chi connectivity index (χ2n) is 8.97. The van der Waals surface area contributed by atoms with E-state index in [2.05, 4.69) is 18.8 Å². The van der Waals surface area contributed by atoms with Crippen molar-refractivity contribution in [2.45, 2.75) is 76.6 Å². The third-order valence-electron chi connectivity index (χ3n) is 6.66. The van der Waals surface area contributed by atoms with Crippen LogP contribution in [0.1, 0.15) is 67.6 Å². The molecule has 6 heteroatoms. The standard InChI is InChI=1S/C22H32N2O4/c1-14(2)19-12-16(25)13-22(28-19)7-9-24(10-8-22)21(26)17-11-15-5-4-6-18(15)23-20(17)27-3/h11,14,16,19,25H,4-10,12-13H2,1-3H3/t16-,19-/m1/s1. The summed E-state index contributed by atoms with van der Waals surface area (Å²) in [5, 5.41) is 10.4. The van der Waals surface area contributed by atoms with Gasteiger partial charge in [0.05, 0.1) is 24.9 Å². The van der Waals surface area contributed by atoms with E-state index in [1.807, 2.05) is 11.0 Å². The fourth-order valence-electron chi connectivity index (χ4n) is 4.98. The fraction of sp³-hybridized carbons (Fsp3) is 0.727.